The molecule has 0 atom stereocenters. The number of nitrogens with zero attached hydrogens (tertiary/aromatic N) is 2. The molecular formula is C18H21N3. The summed E-state index contributed by atoms with van der Waals surface area (Å²) in [5.74, 6) is 0. The first-order chi connectivity index (χ1) is 10.3. The Morgan fingerprint density at radius 3 is 2.38 bits per heavy atom. The topological polar surface area (TPSA) is 53.0 Å². The van der Waals surface area contributed by atoms with Crippen molar-refractivity contribution in [1.29, 1.82) is 5.26 Å². The van der Waals surface area contributed by atoms with E-state index in [1.54, 1.807) is 0 Å². The zero-order valence-corrected chi connectivity index (χ0v) is 12.2. The van der Waals surface area contributed by atoms with E-state index < -0.39 is 0 Å². The molecule has 2 N–H and O–H groups in total. The van der Waals surface area contributed by atoms with Gasteiger partial charge in [0.2, 0.25) is 0 Å². The minimum atomic E-state index is 0.698. The lowest BCUT2D eigenvalue weighted by Crippen LogP contribution is -2.25. The second kappa shape index (κ2) is 8.21. The van der Waals surface area contributed by atoms with Gasteiger partial charge in [-0.15, -0.1) is 0 Å². The predicted octanol–water partition coefficient (Wildman–Crippen LogP) is 2.91. The number of benzene rings is 2. The van der Waals surface area contributed by atoms with Crippen LogP contribution >= 0.6 is 0 Å². The standard InChI is InChI=1S/C18H21N3/c19-10-5-11-21(14-16-6-2-1-3-7-16)15-18-9-4-8-17(12-18)13-20/h1-4,6-9,12H,5,10-11,14-15,19H2. The third-order valence-corrected chi connectivity index (χ3v) is 3.39. The van der Waals surface area contributed by atoms with Gasteiger partial charge in [0.05, 0.1) is 11.6 Å². The van der Waals surface area contributed by atoms with E-state index in [1.807, 2.05) is 24.3 Å². The molecule has 0 saturated heterocycles. The lowest BCUT2D eigenvalue weighted by molar-refractivity contribution is 0.255. The van der Waals surface area contributed by atoms with Crippen LogP contribution in [-0.2, 0) is 13.1 Å². The quantitative estimate of drug-likeness (QED) is 0.848. The zero-order chi connectivity index (χ0) is 14.9. The average Bonchev–Trinajstić information content (AvgIpc) is 2.54. The largest absolute Gasteiger partial charge is 0.330 e. The lowest BCUT2D eigenvalue weighted by Gasteiger charge is -2.22. The maximum Gasteiger partial charge on any atom is 0.0991 e. The van der Waals surface area contributed by atoms with Crippen molar-refractivity contribution in [3.05, 3.63) is 71.3 Å². The van der Waals surface area contributed by atoms with Gasteiger partial charge < -0.3 is 5.73 Å². The molecular weight excluding hydrogens is 258 g/mol. The van der Waals surface area contributed by atoms with E-state index in [0.717, 1.165) is 26.1 Å². The van der Waals surface area contributed by atoms with Crippen molar-refractivity contribution in [2.45, 2.75) is 19.5 Å². The molecule has 0 fully saturated rings. The van der Waals surface area contributed by atoms with Crippen LogP contribution in [0.25, 0.3) is 0 Å². The highest BCUT2D eigenvalue weighted by Gasteiger charge is 2.07. The van der Waals surface area contributed by atoms with Crippen molar-refractivity contribution in [2.24, 2.45) is 5.73 Å². The van der Waals surface area contributed by atoms with Crippen molar-refractivity contribution >= 4 is 0 Å². The maximum absolute atomic E-state index is 8.99. The Balaban J connectivity index is 2.06. The van der Waals surface area contributed by atoms with Gasteiger partial charge in [0.15, 0.2) is 0 Å². The van der Waals surface area contributed by atoms with Crippen molar-refractivity contribution in [3.8, 4) is 6.07 Å². The average molecular weight is 279 g/mol. The highest BCUT2D eigenvalue weighted by Crippen LogP contribution is 2.12. The van der Waals surface area contributed by atoms with Gasteiger partial charge in [-0.25, -0.2) is 0 Å². The normalized spacial score (nSPS) is 10.5. The molecule has 0 radical (unpaired) electrons. The summed E-state index contributed by atoms with van der Waals surface area (Å²) < 4.78 is 0. The highest BCUT2D eigenvalue weighted by molar-refractivity contribution is 5.32. The van der Waals surface area contributed by atoms with Crippen LogP contribution in [-0.4, -0.2) is 18.0 Å². The minimum absolute atomic E-state index is 0.698. The predicted molar refractivity (Wildman–Crippen MR) is 85.4 cm³/mol. The Morgan fingerprint density at radius 1 is 0.952 bits per heavy atom. The SMILES string of the molecule is N#Cc1cccc(CN(CCCN)Cc2ccccc2)c1. The fraction of sp³-hybridized carbons (Fsp3) is 0.278. The van der Waals surface area contributed by atoms with Crippen LogP contribution in [0.15, 0.2) is 54.6 Å². The molecule has 0 aliphatic carbocycles. The highest BCUT2D eigenvalue weighted by atomic mass is 15.1. The second-order valence-electron chi connectivity index (χ2n) is 5.15. The first kappa shape index (κ1) is 15.2. The van der Waals surface area contributed by atoms with Crippen LogP contribution in [0.2, 0.25) is 0 Å². The molecule has 2 aromatic rings. The lowest BCUT2D eigenvalue weighted by atomic mass is 10.1. The summed E-state index contributed by atoms with van der Waals surface area (Å²) in [5, 5.41) is 8.99. The van der Waals surface area contributed by atoms with Gasteiger partial charge in [0.25, 0.3) is 0 Å². The molecule has 0 saturated carbocycles. The van der Waals surface area contributed by atoms with E-state index in [4.69, 9.17) is 11.0 Å². The van der Waals surface area contributed by atoms with Crippen LogP contribution in [0.5, 0.6) is 0 Å². The number of hydrogen-bond donors (Lipinski definition) is 1. The molecule has 0 bridgehead atoms. The van der Waals surface area contributed by atoms with Gasteiger partial charge in [-0.05, 0) is 36.2 Å². The second-order valence-corrected chi connectivity index (χ2v) is 5.15. The third kappa shape index (κ3) is 5.03. The van der Waals surface area contributed by atoms with Gasteiger partial charge in [-0.3, -0.25) is 4.90 Å². The zero-order valence-electron chi connectivity index (χ0n) is 12.2. The van der Waals surface area contributed by atoms with E-state index in [-0.39, 0.29) is 0 Å². The molecule has 0 aliphatic heterocycles. The van der Waals surface area contributed by atoms with Gasteiger partial charge in [0, 0.05) is 19.6 Å². The van der Waals surface area contributed by atoms with Crippen LogP contribution < -0.4 is 5.73 Å². The molecule has 3 heteroatoms. The Bertz CT molecular complexity index is 587. The Morgan fingerprint density at radius 2 is 1.67 bits per heavy atom. The van der Waals surface area contributed by atoms with Gasteiger partial charge >= 0.3 is 0 Å². The Hall–Kier alpha value is -2.15. The molecule has 0 spiro atoms. The summed E-state index contributed by atoms with van der Waals surface area (Å²) in [5.41, 5.74) is 8.82. The van der Waals surface area contributed by atoms with Crippen molar-refractivity contribution in [2.75, 3.05) is 13.1 Å². The van der Waals surface area contributed by atoms with E-state index in [1.165, 1.54) is 11.1 Å². The monoisotopic (exact) mass is 279 g/mol. The van der Waals surface area contributed by atoms with E-state index >= 15 is 0 Å². The molecule has 2 rings (SSSR count). The van der Waals surface area contributed by atoms with Gasteiger partial charge in [-0.1, -0.05) is 42.5 Å². The number of nitrogens with two attached hydrogens (primary N) is 1. The van der Waals surface area contributed by atoms with Crippen molar-refractivity contribution < 1.29 is 0 Å². The van der Waals surface area contributed by atoms with Crippen LogP contribution in [0.1, 0.15) is 23.1 Å². The van der Waals surface area contributed by atoms with Crippen LogP contribution in [0.4, 0.5) is 0 Å². The Kier molecular flexibility index (Phi) is 5.96. The van der Waals surface area contributed by atoms with Gasteiger partial charge in [-0.2, -0.15) is 5.26 Å². The molecule has 0 aromatic heterocycles. The van der Waals surface area contributed by atoms with Crippen molar-refractivity contribution in [1.82, 2.24) is 4.90 Å². The summed E-state index contributed by atoms with van der Waals surface area (Å²) in [6, 6.07) is 20.4. The molecule has 21 heavy (non-hydrogen) atoms. The van der Waals surface area contributed by atoms with E-state index in [9.17, 15) is 0 Å². The molecule has 3 nitrogen and oxygen atoms in total. The minimum Gasteiger partial charge on any atom is -0.330 e. The van der Waals surface area contributed by atoms with Gasteiger partial charge in [0.1, 0.15) is 0 Å². The first-order valence-electron chi connectivity index (χ1n) is 7.27. The summed E-state index contributed by atoms with van der Waals surface area (Å²) in [4.78, 5) is 2.37. The first-order valence-corrected chi connectivity index (χ1v) is 7.27. The van der Waals surface area contributed by atoms with E-state index in [2.05, 4.69) is 41.3 Å². The summed E-state index contributed by atoms with van der Waals surface area (Å²) in [7, 11) is 0. The van der Waals surface area contributed by atoms with Crippen LogP contribution in [0.3, 0.4) is 0 Å². The van der Waals surface area contributed by atoms with Crippen molar-refractivity contribution in [3.63, 3.8) is 0 Å². The third-order valence-electron chi connectivity index (χ3n) is 3.39. The molecule has 2 aromatic carbocycles. The number of hydrogen-bond acceptors (Lipinski definition) is 3. The summed E-state index contributed by atoms with van der Waals surface area (Å²) in [6.45, 7) is 3.40. The summed E-state index contributed by atoms with van der Waals surface area (Å²) >= 11 is 0. The Labute approximate surface area is 126 Å². The molecule has 0 heterocycles. The molecule has 0 amide bonds. The molecule has 0 unspecified atom stereocenters. The fourth-order valence-corrected chi connectivity index (χ4v) is 2.37. The smallest absolute Gasteiger partial charge is 0.0991 e. The fourth-order valence-electron chi connectivity index (χ4n) is 2.37. The number of nitriles is 1. The maximum atomic E-state index is 8.99. The summed E-state index contributed by atoms with van der Waals surface area (Å²) in [6.07, 6.45) is 0.977. The molecule has 108 valence electrons. The number of rotatable bonds is 7. The molecule has 0 aliphatic rings. The van der Waals surface area contributed by atoms with E-state index in [0.29, 0.717) is 12.1 Å². The van der Waals surface area contributed by atoms with Crippen LogP contribution in [0, 0.1) is 11.3 Å².